The van der Waals surface area contributed by atoms with Gasteiger partial charge in [0.25, 0.3) is 5.89 Å². The zero-order chi connectivity index (χ0) is 20.1. The summed E-state index contributed by atoms with van der Waals surface area (Å²) in [6.07, 6.45) is 1.60. The minimum Gasteiger partial charge on any atom is -0.493 e. The first-order chi connectivity index (χ1) is 14.2. The number of rotatable bonds is 7. The summed E-state index contributed by atoms with van der Waals surface area (Å²) in [5, 5.41) is 12.4. The number of morpholine rings is 1. The molecule has 1 aliphatic heterocycles. The maximum atomic E-state index is 5.87. The SMILES string of the molecule is CCc1noc(-c2ccc(OCCC3CN(c4ccc(Cl)nn4)CCO3)cc2)n1. The van der Waals surface area contributed by atoms with Gasteiger partial charge < -0.3 is 18.9 Å². The molecule has 1 fully saturated rings. The Kier molecular flexibility index (Phi) is 6.21. The molecule has 2 aromatic heterocycles. The lowest BCUT2D eigenvalue weighted by molar-refractivity contribution is 0.0266. The Morgan fingerprint density at radius 3 is 2.76 bits per heavy atom. The van der Waals surface area contributed by atoms with Crippen LogP contribution in [0, 0.1) is 0 Å². The Hall–Kier alpha value is -2.71. The summed E-state index contributed by atoms with van der Waals surface area (Å²) in [6.45, 7) is 4.72. The van der Waals surface area contributed by atoms with E-state index in [0.717, 1.165) is 43.1 Å². The van der Waals surface area contributed by atoms with Crippen molar-refractivity contribution in [2.24, 2.45) is 0 Å². The van der Waals surface area contributed by atoms with Crippen molar-refractivity contribution in [2.75, 3.05) is 31.2 Å². The molecule has 4 rings (SSSR count). The van der Waals surface area contributed by atoms with Crippen molar-refractivity contribution in [2.45, 2.75) is 25.9 Å². The Labute approximate surface area is 173 Å². The van der Waals surface area contributed by atoms with Crippen LogP contribution in [0.4, 0.5) is 5.82 Å². The van der Waals surface area contributed by atoms with Crippen LogP contribution in [0.2, 0.25) is 5.15 Å². The standard InChI is InChI=1S/C20H22ClN5O3/c1-2-18-22-20(29-25-18)14-3-5-15(6-4-14)27-11-9-16-13-26(10-12-28-16)19-8-7-17(21)23-24-19/h3-8,16H,2,9-13H2,1H3. The normalized spacial score (nSPS) is 16.8. The molecule has 0 saturated carbocycles. The molecule has 152 valence electrons. The lowest BCUT2D eigenvalue weighted by Crippen LogP contribution is -2.43. The first-order valence-corrected chi connectivity index (χ1v) is 10.0. The molecule has 0 bridgehead atoms. The van der Waals surface area contributed by atoms with Crippen molar-refractivity contribution < 1.29 is 14.0 Å². The second-order valence-corrected chi connectivity index (χ2v) is 7.07. The number of hydrogen-bond acceptors (Lipinski definition) is 8. The van der Waals surface area contributed by atoms with Crippen LogP contribution >= 0.6 is 11.6 Å². The Morgan fingerprint density at radius 2 is 2.03 bits per heavy atom. The molecule has 9 heteroatoms. The minimum absolute atomic E-state index is 0.0753. The van der Waals surface area contributed by atoms with Gasteiger partial charge in [-0.15, -0.1) is 10.2 Å². The molecule has 29 heavy (non-hydrogen) atoms. The van der Waals surface area contributed by atoms with Crippen LogP contribution < -0.4 is 9.64 Å². The maximum Gasteiger partial charge on any atom is 0.257 e. The zero-order valence-electron chi connectivity index (χ0n) is 16.1. The van der Waals surface area contributed by atoms with Crippen LogP contribution in [-0.4, -0.2) is 52.7 Å². The van der Waals surface area contributed by atoms with Crippen LogP contribution in [-0.2, 0) is 11.2 Å². The largest absolute Gasteiger partial charge is 0.493 e. The summed E-state index contributed by atoms with van der Waals surface area (Å²) in [4.78, 5) is 6.49. The van der Waals surface area contributed by atoms with Gasteiger partial charge in [0, 0.05) is 31.5 Å². The van der Waals surface area contributed by atoms with Crippen LogP contribution in [0.15, 0.2) is 40.9 Å². The van der Waals surface area contributed by atoms with Gasteiger partial charge in [-0.25, -0.2) is 0 Å². The predicted octanol–water partition coefficient (Wildman–Crippen LogP) is 3.42. The van der Waals surface area contributed by atoms with Crippen LogP contribution in [0.1, 0.15) is 19.2 Å². The highest BCUT2D eigenvalue weighted by Crippen LogP contribution is 2.22. The summed E-state index contributed by atoms with van der Waals surface area (Å²) >= 11 is 5.81. The third-order valence-electron chi connectivity index (χ3n) is 4.67. The van der Waals surface area contributed by atoms with E-state index >= 15 is 0 Å². The van der Waals surface area contributed by atoms with Gasteiger partial charge >= 0.3 is 0 Å². The average molecular weight is 416 g/mol. The third-order valence-corrected chi connectivity index (χ3v) is 4.88. The fraction of sp³-hybridized carbons (Fsp3) is 0.400. The van der Waals surface area contributed by atoms with Crippen molar-refractivity contribution in [1.29, 1.82) is 0 Å². The molecule has 1 aromatic carbocycles. The number of benzene rings is 1. The van der Waals surface area contributed by atoms with Crippen LogP contribution in [0.3, 0.4) is 0 Å². The summed E-state index contributed by atoms with van der Waals surface area (Å²) in [5.41, 5.74) is 0.875. The highest BCUT2D eigenvalue weighted by Gasteiger charge is 2.21. The highest BCUT2D eigenvalue weighted by molar-refractivity contribution is 6.29. The van der Waals surface area contributed by atoms with E-state index in [1.807, 2.05) is 37.3 Å². The van der Waals surface area contributed by atoms with E-state index in [1.54, 1.807) is 6.07 Å². The zero-order valence-corrected chi connectivity index (χ0v) is 16.9. The van der Waals surface area contributed by atoms with E-state index < -0.39 is 0 Å². The Bertz CT molecular complexity index is 917. The number of aryl methyl sites for hydroxylation is 1. The fourth-order valence-electron chi connectivity index (χ4n) is 3.10. The monoisotopic (exact) mass is 415 g/mol. The molecule has 0 radical (unpaired) electrons. The van der Waals surface area contributed by atoms with Crippen molar-refractivity contribution in [1.82, 2.24) is 20.3 Å². The Morgan fingerprint density at radius 1 is 1.17 bits per heavy atom. The molecule has 1 unspecified atom stereocenters. The van der Waals surface area contributed by atoms with Crippen molar-refractivity contribution in [3.8, 4) is 17.2 Å². The molecule has 8 nitrogen and oxygen atoms in total. The van der Waals surface area contributed by atoms with Gasteiger partial charge in [-0.3, -0.25) is 0 Å². The topological polar surface area (TPSA) is 86.4 Å². The van der Waals surface area contributed by atoms with Crippen LogP contribution in [0.5, 0.6) is 5.75 Å². The lowest BCUT2D eigenvalue weighted by atomic mass is 10.2. The van der Waals surface area contributed by atoms with Gasteiger partial charge in [0.2, 0.25) is 0 Å². The smallest absolute Gasteiger partial charge is 0.257 e. The molecule has 1 aliphatic rings. The minimum atomic E-state index is 0.0753. The first-order valence-electron chi connectivity index (χ1n) is 9.63. The molecular formula is C20H22ClN5O3. The van der Waals surface area contributed by atoms with Gasteiger partial charge in [-0.1, -0.05) is 23.7 Å². The van der Waals surface area contributed by atoms with E-state index in [9.17, 15) is 0 Å². The van der Waals surface area contributed by atoms with Gasteiger partial charge in [0.15, 0.2) is 16.8 Å². The van der Waals surface area contributed by atoms with Gasteiger partial charge in [-0.05, 0) is 36.4 Å². The number of hydrogen-bond donors (Lipinski definition) is 0. The van der Waals surface area contributed by atoms with Crippen molar-refractivity contribution >= 4 is 17.4 Å². The first kappa shape index (κ1) is 19.6. The molecule has 1 atom stereocenters. The summed E-state index contributed by atoms with van der Waals surface area (Å²) in [6, 6.07) is 11.3. The number of halogens is 1. The second-order valence-electron chi connectivity index (χ2n) is 6.68. The third kappa shape index (κ3) is 5.02. The van der Waals surface area contributed by atoms with Crippen molar-refractivity contribution in [3.05, 3.63) is 47.4 Å². The number of aromatic nitrogens is 4. The quantitative estimate of drug-likeness (QED) is 0.580. The van der Waals surface area contributed by atoms with E-state index in [4.69, 9.17) is 25.6 Å². The van der Waals surface area contributed by atoms with Gasteiger partial charge in [0.1, 0.15) is 5.75 Å². The summed E-state index contributed by atoms with van der Waals surface area (Å²) < 4.78 is 17.0. The molecule has 0 N–H and O–H groups in total. The molecule has 3 aromatic rings. The predicted molar refractivity (Wildman–Crippen MR) is 108 cm³/mol. The molecular weight excluding hydrogens is 394 g/mol. The van der Waals surface area contributed by atoms with Crippen LogP contribution in [0.25, 0.3) is 11.5 Å². The van der Waals surface area contributed by atoms with E-state index in [2.05, 4.69) is 25.2 Å². The second kappa shape index (κ2) is 9.19. The van der Waals surface area contributed by atoms with Gasteiger partial charge in [-0.2, -0.15) is 4.98 Å². The number of ether oxygens (including phenoxy) is 2. The molecule has 0 amide bonds. The number of anilines is 1. The maximum absolute atomic E-state index is 5.87. The van der Waals surface area contributed by atoms with E-state index in [-0.39, 0.29) is 6.10 Å². The van der Waals surface area contributed by atoms with Crippen molar-refractivity contribution in [3.63, 3.8) is 0 Å². The molecule has 0 spiro atoms. The Balaban J connectivity index is 1.26. The summed E-state index contributed by atoms with van der Waals surface area (Å²) in [7, 11) is 0. The summed E-state index contributed by atoms with van der Waals surface area (Å²) in [5.74, 6) is 2.83. The molecule has 1 saturated heterocycles. The van der Waals surface area contributed by atoms with E-state index in [1.165, 1.54) is 0 Å². The van der Waals surface area contributed by atoms with Gasteiger partial charge in [0.05, 0.1) is 19.3 Å². The molecule has 3 heterocycles. The fourth-order valence-corrected chi connectivity index (χ4v) is 3.20. The number of nitrogens with zero attached hydrogens (tertiary/aromatic N) is 5. The van der Waals surface area contributed by atoms with E-state index in [0.29, 0.717) is 30.1 Å². The highest BCUT2D eigenvalue weighted by atomic mass is 35.5. The molecule has 0 aliphatic carbocycles. The average Bonchev–Trinajstić information content (AvgIpc) is 3.24. The lowest BCUT2D eigenvalue weighted by Gasteiger charge is -2.33.